The average molecular weight is 513 g/mol. The lowest BCUT2D eigenvalue weighted by Crippen LogP contribution is -2.23. The fourth-order valence-corrected chi connectivity index (χ4v) is 3.88. The van der Waals surface area contributed by atoms with Gasteiger partial charge in [-0.3, -0.25) is 0 Å². The second-order valence-electron chi connectivity index (χ2n) is 7.05. The van der Waals surface area contributed by atoms with Crippen LogP contribution < -0.4 is 5.14 Å². The molecular weight excluding hydrogens is 501 g/mol. The molecule has 0 bridgehead atoms. The van der Waals surface area contributed by atoms with Crippen LogP contribution in [-0.4, -0.2) is 8.42 Å². The molecular formula is C21H12F9NO2S. The van der Waals surface area contributed by atoms with Crippen LogP contribution in [0.2, 0.25) is 0 Å². The van der Waals surface area contributed by atoms with Crippen molar-refractivity contribution in [2.45, 2.75) is 23.4 Å². The fraction of sp³-hybridized carbons (Fsp3) is 0.143. The number of alkyl halides is 9. The summed E-state index contributed by atoms with van der Waals surface area (Å²) < 4.78 is 144. The zero-order chi connectivity index (χ0) is 25.7. The van der Waals surface area contributed by atoms with Gasteiger partial charge >= 0.3 is 18.5 Å². The quantitative estimate of drug-likeness (QED) is 0.395. The Morgan fingerprint density at radius 1 is 0.588 bits per heavy atom. The van der Waals surface area contributed by atoms with Crippen LogP contribution in [0.25, 0.3) is 22.3 Å². The first-order valence-corrected chi connectivity index (χ1v) is 10.6. The average Bonchev–Trinajstić information content (AvgIpc) is 2.70. The molecule has 0 saturated carbocycles. The molecule has 0 unspecified atom stereocenters. The molecule has 0 radical (unpaired) electrons. The predicted molar refractivity (Wildman–Crippen MR) is 104 cm³/mol. The SMILES string of the molecule is NS(=O)(=O)c1ccc(-c2ccccc2-c2cc(C(F)(F)F)c(C(F)(F)F)c(C(F)(F)F)c2)cc1. The Bertz CT molecular complexity index is 1290. The molecule has 0 heterocycles. The summed E-state index contributed by atoms with van der Waals surface area (Å²) in [7, 11) is -4.08. The third kappa shape index (κ3) is 5.20. The molecule has 0 aliphatic rings. The highest BCUT2D eigenvalue weighted by Crippen LogP contribution is 2.49. The Kier molecular flexibility index (Phi) is 6.25. The summed E-state index contributed by atoms with van der Waals surface area (Å²) in [6.45, 7) is 0. The van der Waals surface area contributed by atoms with E-state index < -0.39 is 50.8 Å². The van der Waals surface area contributed by atoms with E-state index in [1.54, 1.807) is 0 Å². The number of hydrogen-bond acceptors (Lipinski definition) is 2. The number of nitrogens with two attached hydrogens (primary N) is 1. The molecule has 0 amide bonds. The zero-order valence-electron chi connectivity index (χ0n) is 16.5. The van der Waals surface area contributed by atoms with Crippen molar-refractivity contribution in [3.8, 4) is 22.3 Å². The number of benzene rings is 3. The normalized spacial score (nSPS) is 13.2. The first-order chi connectivity index (χ1) is 15.4. The van der Waals surface area contributed by atoms with Crippen LogP contribution in [0, 0.1) is 0 Å². The lowest BCUT2D eigenvalue weighted by Gasteiger charge is -2.23. The van der Waals surface area contributed by atoms with Crippen LogP contribution in [-0.2, 0) is 28.6 Å². The fourth-order valence-electron chi connectivity index (χ4n) is 3.36. The maximum Gasteiger partial charge on any atom is 0.417 e. The smallest absolute Gasteiger partial charge is 0.225 e. The van der Waals surface area contributed by atoms with E-state index in [2.05, 4.69) is 0 Å². The van der Waals surface area contributed by atoms with Crippen molar-refractivity contribution in [2.75, 3.05) is 0 Å². The largest absolute Gasteiger partial charge is 0.417 e. The van der Waals surface area contributed by atoms with Crippen LogP contribution in [0.1, 0.15) is 16.7 Å². The highest BCUT2D eigenvalue weighted by Gasteiger charge is 2.50. The van der Waals surface area contributed by atoms with E-state index in [1.807, 2.05) is 0 Å². The Labute approximate surface area is 186 Å². The molecule has 3 aromatic rings. The first-order valence-electron chi connectivity index (χ1n) is 9.03. The number of rotatable bonds is 3. The van der Waals surface area contributed by atoms with Crippen molar-refractivity contribution in [1.29, 1.82) is 0 Å². The first kappa shape index (κ1) is 25.6. The van der Waals surface area contributed by atoms with Gasteiger partial charge in [0, 0.05) is 0 Å². The maximum atomic E-state index is 13.5. The minimum absolute atomic E-state index is 0.00953. The van der Waals surface area contributed by atoms with E-state index >= 15 is 0 Å². The minimum Gasteiger partial charge on any atom is -0.225 e. The van der Waals surface area contributed by atoms with E-state index in [9.17, 15) is 47.9 Å². The molecule has 0 atom stereocenters. The van der Waals surface area contributed by atoms with E-state index in [-0.39, 0.29) is 33.7 Å². The predicted octanol–water partition coefficient (Wildman–Crippen LogP) is 6.72. The maximum absolute atomic E-state index is 13.5. The van der Waals surface area contributed by atoms with E-state index in [4.69, 9.17) is 5.14 Å². The summed E-state index contributed by atoms with van der Waals surface area (Å²) in [5, 5.41) is 5.00. The van der Waals surface area contributed by atoms with Crippen molar-refractivity contribution in [1.82, 2.24) is 0 Å². The third-order valence-electron chi connectivity index (χ3n) is 4.76. The number of halogens is 9. The van der Waals surface area contributed by atoms with Gasteiger partial charge in [0.2, 0.25) is 10.0 Å². The Hall–Kier alpha value is -3.06. The molecule has 2 N–H and O–H groups in total. The van der Waals surface area contributed by atoms with Crippen molar-refractivity contribution in [3.63, 3.8) is 0 Å². The number of hydrogen-bond donors (Lipinski definition) is 1. The van der Waals surface area contributed by atoms with Gasteiger partial charge in [0.05, 0.1) is 21.6 Å². The molecule has 34 heavy (non-hydrogen) atoms. The van der Waals surface area contributed by atoms with Crippen molar-refractivity contribution >= 4 is 10.0 Å². The van der Waals surface area contributed by atoms with Gasteiger partial charge < -0.3 is 0 Å². The minimum atomic E-state index is -5.93. The Morgan fingerprint density at radius 3 is 1.35 bits per heavy atom. The standard InChI is InChI=1S/C21H12F9NO2S/c22-19(23,24)16-9-12(10-17(20(25,26)27)18(16)21(28,29)30)15-4-2-1-3-14(15)11-5-7-13(8-6-11)34(31,32)33/h1-10H,(H2,31,32,33). The van der Waals surface area contributed by atoms with Gasteiger partial charge in [0.1, 0.15) is 0 Å². The summed E-state index contributed by atoms with van der Waals surface area (Å²) in [5.74, 6) is 0. The lowest BCUT2D eigenvalue weighted by molar-refractivity contribution is -0.174. The van der Waals surface area contributed by atoms with Crippen LogP contribution >= 0.6 is 0 Å². The third-order valence-corrected chi connectivity index (χ3v) is 5.69. The molecule has 0 spiro atoms. The molecule has 0 fully saturated rings. The number of primary sulfonamides is 1. The number of sulfonamides is 1. The van der Waals surface area contributed by atoms with Crippen molar-refractivity contribution in [2.24, 2.45) is 5.14 Å². The lowest BCUT2D eigenvalue weighted by atomic mass is 9.89. The molecule has 0 saturated heterocycles. The topological polar surface area (TPSA) is 60.2 Å². The van der Waals surface area contributed by atoms with Gasteiger partial charge in [-0.15, -0.1) is 0 Å². The summed E-state index contributed by atoms with van der Waals surface area (Å²) >= 11 is 0. The Balaban J connectivity index is 2.34. The van der Waals surface area contributed by atoms with E-state index in [0.717, 1.165) is 18.2 Å². The van der Waals surface area contributed by atoms with Gasteiger partial charge in [-0.1, -0.05) is 36.4 Å². The Morgan fingerprint density at radius 2 is 1.00 bits per heavy atom. The van der Waals surface area contributed by atoms with E-state index in [1.165, 1.54) is 30.3 Å². The summed E-state index contributed by atoms with van der Waals surface area (Å²) in [5.41, 5.74) is -8.58. The molecule has 3 aromatic carbocycles. The van der Waals surface area contributed by atoms with Gasteiger partial charge in [-0.25, -0.2) is 13.6 Å². The summed E-state index contributed by atoms with van der Waals surface area (Å²) in [6.07, 6.45) is -17.4. The van der Waals surface area contributed by atoms with Crippen molar-refractivity contribution in [3.05, 3.63) is 77.4 Å². The molecule has 0 aliphatic carbocycles. The highest BCUT2D eigenvalue weighted by molar-refractivity contribution is 7.89. The van der Waals surface area contributed by atoms with Gasteiger partial charge in [-0.2, -0.15) is 39.5 Å². The monoisotopic (exact) mass is 513 g/mol. The van der Waals surface area contributed by atoms with Crippen LogP contribution in [0.5, 0.6) is 0 Å². The molecule has 3 rings (SSSR count). The van der Waals surface area contributed by atoms with Gasteiger partial charge in [-0.05, 0) is 46.5 Å². The summed E-state index contributed by atoms with van der Waals surface area (Å²) in [4.78, 5) is -0.304. The van der Waals surface area contributed by atoms with Crippen LogP contribution in [0.15, 0.2) is 65.6 Å². The second-order valence-corrected chi connectivity index (χ2v) is 8.62. The second kappa shape index (κ2) is 8.31. The van der Waals surface area contributed by atoms with Crippen molar-refractivity contribution < 1.29 is 47.9 Å². The van der Waals surface area contributed by atoms with Gasteiger partial charge in [0.15, 0.2) is 0 Å². The molecule has 13 heteroatoms. The van der Waals surface area contributed by atoms with E-state index in [0.29, 0.717) is 0 Å². The molecule has 0 aliphatic heterocycles. The molecule has 0 aromatic heterocycles. The highest BCUT2D eigenvalue weighted by atomic mass is 32.2. The van der Waals surface area contributed by atoms with Gasteiger partial charge in [0.25, 0.3) is 0 Å². The molecule has 182 valence electrons. The van der Waals surface area contributed by atoms with Crippen LogP contribution in [0.3, 0.4) is 0 Å². The summed E-state index contributed by atoms with van der Waals surface area (Å²) in [6, 6.07) is 9.67. The molecule has 3 nitrogen and oxygen atoms in total. The van der Waals surface area contributed by atoms with Crippen LogP contribution in [0.4, 0.5) is 39.5 Å². The zero-order valence-corrected chi connectivity index (χ0v) is 17.3.